The Morgan fingerprint density at radius 1 is 0.284 bits per heavy atom. The Hall–Kier alpha value is -17.2. The monoisotopic (exact) mass is 1980 g/mol. The van der Waals surface area contributed by atoms with Gasteiger partial charge in [-0.15, -0.1) is 34.0 Å². The molecule has 0 unspecified atom stereocenters. The van der Waals surface area contributed by atoms with E-state index in [4.69, 9.17) is 23.2 Å². The first-order chi connectivity index (χ1) is 68.3. The summed E-state index contributed by atoms with van der Waals surface area (Å²) in [4.78, 5) is 74.0. The minimum Gasteiger partial charge on any atom is -0.334 e. The Bertz CT molecular complexity index is 7380. The van der Waals surface area contributed by atoms with Gasteiger partial charge in [-0.1, -0.05) is 187 Å². The molecule has 12 N–H and O–H groups in total. The van der Waals surface area contributed by atoms with Crippen molar-refractivity contribution >= 4 is 155 Å². The van der Waals surface area contributed by atoms with Crippen LogP contribution in [0.15, 0.2) is 344 Å². The summed E-state index contributed by atoms with van der Waals surface area (Å²) in [5.74, 6) is 1.34. The van der Waals surface area contributed by atoms with Crippen LogP contribution in [0.5, 0.6) is 0 Å². The number of aryl methyl sites for hydroxylation is 6. The molecule has 0 radical (unpaired) electrons. The third-order valence-electron chi connectivity index (χ3n) is 19.9. The SMILES string of the molecule is Cc1cc(NC(=O)NCc2ccc(F)c(F)c2)n(-c2ccccc2)n1.Cc1cc(NC(=O)NCc2cccc(F)c2)n(-c2ccccc2)n1.Cc1cc(NC(=O)NCc2cccs2)n(-c2ccccc2)n1.Cc1cc(NC(=O)Nc2cc(Cl)c(Cl)s2)n(-c2ccccc2)n1.Cc1cc(NC(=O)Nc2ccc3ccccc3c2)n(-c2ccccc2)n1.Cc1cc(NC(=O)Nc2cccs2)n(-c2ccccc2)n1. The second kappa shape index (κ2) is 49.0. The highest BCUT2D eigenvalue weighted by molar-refractivity contribution is 7.20. The van der Waals surface area contributed by atoms with Gasteiger partial charge < -0.3 is 21.3 Å². The van der Waals surface area contributed by atoms with Gasteiger partial charge in [-0.25, -0.2) is 70.0 Å². The Morgan fingerprint density at radius 3 is 0.972 bits per heavy atom. The first-order valence-electron chi connectivity index (χ1n) is 43.6. The maximum atomic E-state index is 13.2. The summed E-state index contributed by atoms with van der Waals surface area (Å²) in [5, 5.41) is 67.6. The molecular formula is C103H93Cl2F3N24O6S3. The van der Waals surface area contributed by atoms with Crippen molar-refractivity contribution in [1.82, 2.24) is 74.6 Å². The normalized spacial score (nSPS) is 10.5. The molecule has 0 aliphatic rings. The van der Waals surface area contributed by atoms with E-state index >= 15 is 0 Å². The molecule has 0 saturated carbocycles. The number of para-hydroxylation sites is 6. The van der Waals surface area contributed by atoms with Crippen molar-refractivity contribution in [2.24, 2.45) is 0 Å². The minimum absolute atomic E-state index is 0.0709. The number of amides is 12. The standard InChI is InChI=1S/C21H18N4O.C18H16F2N4O.C18H17FN4O.C16H16N4OS.C15H12Cl2N4OS.C15H14N4OS/c1-15-13-20(25(24-15)19-9-3-2-4-10-19)23-21(26)22-18-12-11-16-7-5-6-8-17(16)14-18;1-12-9-17(24(23-12)14-5-3-2-4-6-14)22-18(25)21-11-13-7-8-15(19)16(20)10-13;1-13-10-17(23(22-13)16-8-3-2-4-9-16)21-18(24)20-12-14-6-5-7-15(19)11-14;1-12-10-15(20(19-12)13-6-3-2-4-7-13)18-16(21)17-11-14-8-5-9-22-14;1-9-7-12(21(20-9)10-5-3-2-4-6-10)18-15(22)19-13-8-11(16)14(17)23-13;1-11-10-13(16-15(20)17-14-8-5-9-21-14)19(18-11)12-6-3-2-4-7-12/h2-14H,1H3,(H2,22,23,26);2-10H,11H2,1H3,(H2,21,22,25);2-11H,12H2,1H3,(H2,20,21,24);2-10H,11H2,1H3,(H2,17,18,21);2-8H,1H3,(H2,18,19,22);2-10H,1H3,(H2,16,17,20). The zero-order valence-corrected chi connectivity index (χ0v) is 80.4. The van der Waals surface area contributed by atoms with Gasteiger partial charge in [-0.3, -0.25) is 42.5 Å². The molecule has 0 aliphatic carbocycles. The number of fused-ring (bicyclic) bond motifs is 1. The molecule has 19 rings (SSSR count). The van der Waals surface area contributed by atoms with Crippen LogP contribution >= 0.6 is 57.2 Å². The van der Waals surface area contributed by atoms with E-state index < -0.39 is 23.7 Å². The van der Waals surface area contributed by atoms with Gasteiger partial charge in [-0.2, -0.15) is 30.6 Å². The van der Waals surface area contributed by atoms with Crippen molar-refractivity contribution in [3.05, 3.63) is 421 Å². The van der Waals surface area contributed by atoms with Crippen molar-refractivity contribution in [2.45, 2.75) is 61.2 Å². The lowest BCUT2D eigenvalue weighted by Crippen LogP contribution is -2.29. The summed E-state index contributed by atoms with van der Waals surface area (Å²) in [5.41, 5.74) is 12.0. The average Bonchev–Trinajstić information content (AvgIpc) is 1.76. The van der Waals surface area contributed by atoms with Gasteiger partial charge in [0.15, 0.2) is 11.6 Å². The number of carbonyl (C=O) groups excluding carboxylic acids is 6. The first kappa shape index (κ1) is 99.8. The Labute approximate surface area is 830 Å². The number of hydrogen-bond acceptors (Lipinski definition) is 15. The van der Waals surface area contributed by atoms with Crippen molar-refractivity contribution < 1.29 is 41.9 Å². The summed E-state index contributed by atoms with van der Waals surface area (Å²) < 4.78 is 49.8. The predicted molar refractivity (Wildman–Crippen MR) is 555 cm³/mol. The van der Waals surface area contributed by atoms with Crippen LogP contribution in [0, 0.1) is 59.0 Å². The van der Waals surface area contributed by atoms with Gasteiger partial charge in [0.05, 0.1) is 89.9 Å². The molecule has 12 amide bonds. The third kappa shape index (κ3) is 29.4. The van der Waals surface area contributed by atoms with Crippen LogP contribution in [0.2, 0.25) is 9.36 Å². The minimum atomic E-state index is -0.947. The van der Waals surface area contributed by atoms with Crippen LogP contribution in [0.3, 0.4) is 0 Å². The van der Waals surface area contributed by atoms with E-state index in [0.29, 0.717) is 66.9 Å². The van der Waals surface area contributed by atoms with Crippen LogP contribution in [0.25, 0.3) is 44.9 Å². The number of benzene rings is 10. The number of halogens is 5. The highest BCUT2D eigenvalue weighted by Crippen LogP contribution is 2.36. The van der Waals surface area contributed by atoms with Gasteiger partial charge in [0.25, 0.3) is 0 Å². The second-order valence-corrected chi connectivity index (χ2v) is 34.9. The Balaban J connectivity index is 0.000000135. The van der Waals surface area contributed by atoms with Crippen molar-refractivity contribution in [1.29, 1.82) is 0 Å². The quantitative estimate of drug-likeness (QED) is 0.0319. The number of hydrogen-bond donors (Lipinski definition) is 12. The number of thiophene rings is 3. The zero-order valence-electron chi connectivity index (χ0n) is 76.5. The van der Waals surface area contributed by atoms with Crippen LogP contribution in [0.4, 0.5) is 92.5 Å². The molecule has 141 heavy (non-hydrogen) atoms. The van der Waals surface area contributed by atoms with Crippen LogP contribution in [-0.2, 0) is 19.6 Å². The summed E-state index contributed by atoms with van der Waals surface area (Å²) in [6, 6.07) is 99.1. The fourth-order valence-corrected chi connectivity index (χ4v) is 16.2. The molecule has 0 saturated heterocycles. The van der Waals surface area contributed by atoms with E-state index in [1.54, 1.807) is 75.8 Å². The summed E-state index contributed by atoms with van der Waals surface area (Å²) in [7, 11) is 0. The molecule has 0 fully saturated rings. The maximum Gasteiger partial charge on any atom is 0.325 e. The molecule has 38 heteroatoms. The molecule has 9 heterocycles. The van der Waals surface area contributed by atoms with Gasteiger partial charge in [-0.05, 0) is 208 Å². The molecule has 0 spiro atoms. The van der Waals surface area contributed by atoms with E-state index in [0.717, 1.165) is 107 Å². The molecule has 9 aromatic heterocycles. The fraction of sp³-hybridized carbons (Fsp3) is 0.0874. The molecular weight excluding hydrogens is 1890 g/mol. The number of rotatable bonds is 21. The lowest BCUT2D eigenvalue weighted by Gasteiger charge is -2.10. The molecule has 19 aromatic rings. The Morgan fingerprint density at radius 2 is 0.624 bits per heavy atom. The van der Waals surface area contributed by atoms with E-state index in [9.17, 15) is 41.9 Å². The third-order valence-corrected chi connectivity index (χ3v) is 23.3. The van der Waals surface area contributed by atoms with Crippen molar-refractivity contribution in [2.75, 3.05) is 47.9 Å². The number of carbonyl (C=O) groups is 6. The van der Waals surface area contributed by atoms with Crippen LogP contribution in [0.1, 0.15) is 50.2 Å². The first-order valence-corrected chi connectivity index (χ1v) is 46.9. The van der Waals surface area contributed by atoms with Gasteiger partial charge in [0.1, 0.15) is 45.1 Å². The van der Waals surface area contributed by atoms with E-state index in [1.807, 2.05) is 319 Å². The van der Waals surface area contributed by atoms with Gasteiger partial charge in [0.2, 0.25) is 0 Å². The highest BCUT2D eigenvalue weighted by Gasteiger charge is 2.20. The van der Waals surface area contributed by atoms with E-state index in [2.05, 4.69) is 94.4 Å². The number of nitrogens with one attached hydrogen (secondary N) is 12. The topological polar surface area (TPSA) is 354 Å². The molecule has 30 nitrogen and oxygen atoms in total. The molecule has 0 atom stereocenters. The molecule has 10 aromatic carbocycles. The van der Waals surface area contributed by atoms with Crippen molar-refractivity contribution in [3.63, 3.8) is 0 Å². The summed E-state index contributed by atoms with van der Waals surface area (Å²) in [6.07, 6.45) is 0. The number of nitrogens with zero attached hydrogens (tertiary/aromatic N) is 12. The number of anilines is 9. The largest absolute Gasteiger partial charge is 0.334 e. The summed E-state index contributed by atoms with van der Waals surface area (Å²) >= 11 is 16.0. The fourth-order valence-electron chi connectivity index (χ4n) is 13.7. The summed E-state index contributed by atoms with van der Waals surface area (Å²) in [6.45, 7) is 12.0. The van der Waals surface area contributed by atoms with Crippen LogP contribution < -0.4 is 63.8 Å². The van der Waals surface area contributed by atoms with Crippen LogP contribution in [-0.4, -0.2) is 94.9 Å². The lowest BCUT2D eigenvalue weighted by atomic mass is 10.1. The zero-order chi connectivity index (χ0) is 99.1. The predicted octanol–water partition coefficient (Wildman–Crippen LogP) is 25.0. The number of aromatic nitrogens is 12. The maximum absolute atomic E-state index is 13.2. The molecule has 0 aliphatic heterocycles. The van der Waals surface area contributed by atoms with Crippen molar-refractivity contribution in [3.8, 4) is 34.1 Å². The molecule has 0 bridgehead atoms. The second-order valence-electron chi connectivity index (χ2n) is 30.9. The highest BCUT2D eigenvalue weighted by atomic mass is 35.5. The Kier molecular flexibility index (Phi) is 34.7. The lowest BCUT2D eigenvalue weighted by molar-refractivity contribution is 0.250. The smallest absolute Gasteiger partial charge is 0.325 e. The van der Waals surface area contributed by atoms with Gasteiger partial charge >= 0.3 is 36.2 Å². The number of urea groups is 6. The van der Waals surface area contributed by atoms with Gasteiger partial charge in [0, 0.05) is 60.1 Å². The van der Waals surface area contributed by atoms with E-state index in [-0.39, 0.29) is 43.0 Å². The molecule has 714 valence electrons. The average molecular weight is 1990 g/mol. The van der Waals surface area contributed by atoms with E-state index in [1.165, 1.54) is 40.9 Å².